The minimum Gasteiger partial charge on any atom is -0.382 e. The normalized spacial score (nSPS) is 35.5. The van der Waals surface area contributed by atoms with Crippen molar-refractivity contribution in [1.82, 2.24) is 43.8 Å². The summed E-state index contributed by atoms with van der Waals surface area (Å²) in [4.78, 5) is 34.4. The Morgan fingerprint density at radius 2 is 1.69 bits per heavy atom. The number of nitrogen functional groups attached to an aromatic ring is 2. The van der Waals surface area contributed by atoms with E-state index in [0.29, 0.717) is 0 Å². The maximum Gasteiger partial charge on any atom is 0.386 e. The van der Waals surface area contributed by atoms with Crippen LogP contribution in [0.25, 0.3) is 22.3 Å². The minimum absolute atomic E-state index is 0.0141. The van der Waals surface area contributed by atoms with Gasteiger partial charge in [-0.1, -0.05) is 12.2 Å². The maximum atomic E-state index is 15.9. The van der Waals surface area contributed by atoms with Gasteiger partial charge < -0.3 is 20.9 Å². The lowest BCUT2D eigenvalue weighted by molar-refractivity contribution is -0.0456. The van der Waals surface area contributed by atoms with Crippen LogP contribution in [0.4, 0.5) is 20.5 Å². The van der Waals surface area contributed by atoms with Gasteiger partial charge in [0.15, 0.2) is 53.5 Å². The Morgan fingerprint density at radius 3 is 2.47 bits per heavy atom. The van der Waals surface area contributed by atoms with Crippen LogP contribution in [0.15, 0.2) is 23.8 Å². The number of anilines is 2. The number of rotatable bonds is 2. The summed E-state index contributed by atoms with van der Waals surface area (Å²) in [7, 11) is -4.84. The first-order valence-electron chi connectivity index (χ1n) is 12.9. The van der Waals surface area contributed by atoms with Crippen molar-refractivity contribution in [3.05, 3.63) is 29.3 Å². The number of aromatic amines is 1. The zero-order chi connectivity index (χ0) is 31.8. The van der Waals surface area contributed by atoms with Gasteiger partial charge in [0.2, 0.25) is 5.95 Å². The number of nitrogens with two attached hydrogens (primary N) is 2. The van der Waals surface area contributed by atoms with Crippen LogP contribution < -0.4 is 21.7 Å². The molecule has 0 saturated carbocycles. The fourth-order valence-electron chi connectivity index (χ4n) is 5.27. The van der Waals surface area contributed by atoms with Gasteiger partial charge in [-0.2, -0.15) is 18.1 Å². The lowest BCUT2D eigenvalue weighted by atomic mass is 10.1. The highest BCUT2D eigenvalue weighted by atomic mass is 32.7. The molecule has 0 aliphatic carbocycles. The Labute approximate surface area is 254 Å². The average Bonchev–Trinajstić information content (AvgIpc) is 3.72. The van der Waals surface area contributed by atoms with Gasteiger partial charge in [0.05, 0.1) is 19.3 Å². The number of ether oxygens (including phenoxy) is 2. The van der Waals surface area contributed by atoms with Crippen LogP contribution in [0, 0.1) is 0 Å². The third kappa shape index (κ3) is 5.34. The van der Waals surface area contributed by atoms with Crippen LogP contribution in [0.3, 0.4) is 0 Å². The molecule has 4 aromatic rings. The van der Waals surface area contributed by atoms with E-state index in [0.717, 1.165) is 17.2 Å². The molecule has 4 aromatic heterocycles. The topological polar surface area (TPSA) is 269 Å². The van der Waals surface area contributed by atoms with Gasteiger partial charge in [0.1, 0.15) is 30.2 Å². The van der Waals surface area contributed by atoms with Crippen molar-refractivity contribution < 1.29 is 44.5 Å². The second kappa shape index (κ2) is 10.9. The van der Waals surface area contributed by atoms with Crippen LogP contribution in [-0.2, 0) is 37.6 Å². The lowest BCUT2D eigenvalue weighted by Crippen LogP contribution is -2.43. The van der Waals surface area contributed by atoms with Crippen molar-refractivity contribution >= 4 is 63.4 Å². The highest BCUT2D eigenvalue weighted by molar-refractivity contribution is 8.44. The maximum absolute atomic E-state index is 15.9. The zero-order valence-corrected chi connectivity index (χ0v) is 24.9. The van der Waals surface area contributed by atoms with Gasteiger partial charge >= 0.3 is 17.1 Å². The predicted octanol–water partition coefficient (Wildman–Crippen LogP) is -0.732. The van der Waals surface area contributed by atoms with Gasteiger partial charge in [-0.05, 0) is 0 Å². The first-order valence-corrected chi connectivity index (χ1v) is 17.0. The van der Waals surface area contributed by atoms with Crippen molar-refractivity contribution in [3.8, 4) is 0 Å². The minimum atomic E-state index is -4.84. The van der Waals surface area contributed by atoms with E-state index in [1.807, 2.05) is 0 Å². The number of H-pyrrole nitrogens is 1. The number of aromatic nitrogens is 8. The molecule has 0 radical (unpaired) electrons. The predicted molar refractivity (Wildman–Crippen MR) is 149 cm³/mol. The molecule has 6 N–H and O–H groups in total. The van der Waals surface area contributed by atoms with E-state index in [9.17, 15) is 17.8 Å². The third-order valence-corrected chi connectivity index (χ3v) is 9.88. The molecule has 242 valence electrons. The number of halogens is 2. The van der Waals surface area contributed by atoms with Crippen LogP contribution in [0.2, 0.25) is 0 Å². The number of hydrogen-bond acceptors (Lipinski definition) is 16. The summed E-state index contributed by atoms with van der Waals surface area (Å²) in [5.74, 6) is -0.290. The zero-order valence-electron chi connectivity index (χ0n) is 22.3. The molecule has 0 amide bonds. The molecule has 45 heavy (non-hydrogen) atoms. The van der Waals surface area contributed by atoms with E-state index >= 15 is 8.78 Å². The van der Waals surface area contributed by atoms with Crippen LogP contribution in [-0.4, -0.2) is 97.4 Å². The molecule has 3 saturated heterocycles. The van der Waals surface area contributed by atoms with Crippen molar-refractivity contribution in [3.63, 3.8) is 0 Å². The SMILES string of the molecule is Nc1nc2c(ncn2[C@@H]2O[C@@H]3CO[P@@](=O)(S)O[C@H]4[C@H](F)[C@H](n5cnc6c(N)ncnc65)O[C@@H]4CNS(=O)(=O)O[C@@H]2[C@@H]3F)c(=O)[nH]1. The summed E-state index contributed by atoms with van der Waals surface area (Å²) < 4.78 is 103. The van der Waals surface area contributed by atoms with Gasteiger partial charge in [0.25, 0.3) is 5.56 Å². The number of thiol groups is 1. The molecule has 7 rings (SSSR count). The van der Waals surface area contributed by atoms with Crippen LogP contribution in [0.1, 0.15) is 12.5 Å². The van der Waals surface area contributed by atoms with Crippen molar-refractivity contribution in [2.24, 2.45) is 0 Å². The molecule has 20 nitrogen and oxygen atoms in total. The van der Waals surface area contributed by atoms with Crippen molar-refractivity contribution in [2.75, 3.05) is 24.6 Å². The quantitative estimate of drug-likeness (QED) is 0.128. The number of alkyl halides is 2. The van der Waals surface area contributed by atoms with Crippen LogP contribution >= 0.6 is 19.0 Å². The van der Waals surface area contributed by atoms with E-state index in [1.165, 1.54) is 10.9 Å². The summed E-state index contributed by atoms with van der Waals surface area (Å²) in [6.07, 6.45) is -10.8. The monoisotopic (exact) mass is 693 g/mol. The Bertz CT molecular complexity index is 2010. The van der Waals surface area contributed by atoms with E-state index < -0.39 is 85.0 Å². The van der Waals surface area contributed by atoms with Gasteiger partial charge in [-0.15, -0.1) is 0 Å². The second-order valence-corrected chi connectivity index (χ2v) is 14.3. The molecule has 3 fully saturated rings. The Kier molecular flexibility index (Phi) is 7.33. The molecule has 9 atom stereocenters. The van der Waals surface area contributed by atoms with Crippen molar-refractivity contribution in [2.45, 2.75) is 49.2 Å². The molecule has 2 bridgehead atoms. The first-order chi connectivity index (χ1) is 21.3. The van der Waals surface area contributed by atoms with Gasteiger partial charge in [0, 0.05) is 6.54 Å². The van der Waals surface area contributed by atoms with E-state index in [4.69, 9.17) is 34.2 Å². The molecule has 0 aromatic carbocycles. The molecule has 0 unspecified atom stereocenters. The average molecular weight is 694 g/mol. The summed E-state index contributed by atoms with van der Waals surface area (Å²) in [5.41, 5.74) is 10.6. The highest BCUT2D eigenvalue weighted by Crippen LogP contribution is 2.57. The van der Waals surface area contributed by atoms with Crippen molar-refractivity contribution in [1.29, 1.82) is 0 Å². The van der Waals surface area contributed by atoms with Gasteiger partial charge in [-0.3, -0.25) is 28.0 Å². The second-order valence-electron chi connectivity index (χ2n) is 10.1. The number of nitrogens with one attached hydrogen (secondary N) is 2. The number of imidazole rings is 2. The number of nitrogens with zero attached hydrogens (tertiary/aromatic N) is 7. The standard InChI is InChI=1S/C20H22F2N11O9PS2/c21-8-7-2-38-43(35,44)41-12-6(39-18(9(12)22)32-4-27-10-14(23)25-3-26-15(10)32)1-29-45(36,37)42-13(8)19(40-7)33-5-28-11-16(33)30-20(24)31-17(11)34/h3-9,12-13,18-19,29H,1-2H2,(H,35,44)(H2,23,25,26)(H3,24,30,31,34)/t6-,7-,8-,9+,12-,13-,18-,19-,43-/m1/s1. The largest absolute Gasteiger partial charge is 0.386 e. The Balaban J connectivity index is 1.21. The fourth-order valence-corrected chi connectivity index (χ4v) is 7.68. The summed E-state index contributed by atoms with van der Waals surface area (Å²) in [6, 6.07) is 0. The molecule has 3 aliphatic rings. The summed E-state index contributed by atoms with van der Waals surface area (Å²) in [6.45, 7) is -6.01. The highest BCUT2D eigenvalue weighted by Gasteiger charge is 2.53. The molecular weight excluding hydrogens is 671 g/mol. The van der Waals surface area contributed by atoms with E-state index in [1.54, 1.807) is 0 Å². The molecule has 7 heterocycles. The molecule has 25 heteroatoms. The fraction of sp³-hybridized carbons (Fsp3) is 0.500. The third-order valence-electron chi connectivity index (χ3n) is 7.27. The molecule has 0 spiro atoms. The summed E-state index contributed by atoms with van der Waals surface area (Å²) >= 11 is 3.92. The number of hydrogen-bond donors (Lipinski definition) is 5. The Hall–Kier alpha value is -3.35. The molecule has 3 aliphatic heterocycles. The number of fused-ring (bicyclic) bond motifs is 5. The van der Waals surface area contributed by atoms with Crippen LogP contribution in [0.5, 0.6) is 0 Å². The summed E-state index contributed by atoms with van der Waals surface area (Å²) in [5, 5.41) is 0. The first kappa shape index (κ1) is 30.3. The lowest BCUT2D eigenvalue weighted by Gasteiger charge is -2.24. The smallest absolute Gasteiger partial charge is 0.382 e. The van der Waals surface area contributed by atoms with E-state index in [-0.39, 0.29) is 34.1 Å². The van der Waals surface area contributed by atoms with Gasteiger partial charge in [-0.25, -0.2) is 37.5 Å². The Morgan fingerprint density at radius 1 is 0.978 bits per heavy atom. The van der Waals surface area contributed by atoms with E-state index in [2.05, 4.69) is 46.9 Å². The molecular formula is C20H22F2N11O9PS2.